The van der Waals surface area contributed by atoms with E-state index in [-0.39, 0.29) is 11.8 Å². The second kappa shape index (κ2) is 9.05. The summed E-state index contributed by atoms with van der Waals surface area (Å²) in [6.07, 6.45) is 7.49. The maximum atomic E-state index is 14.4. The Bertz CT molecular complexity index is 1780. The number of urea groups is 1. The highest BCUT2D eigenvalue weighted by molar-refractivity contribution is 6.31. The molecule has 8 nitrogen and oxygen atoms in total. The Labute approximate surface area is 230 Å². The van der Waals surface area contributed by atoms with E-state index < -0.39 is 5.67 Å². The van der Waals surface area contributed by atoms with Crippen molar-refractivity contribution in [3.8, 4) is 6.07 Å². The summed E-state index contributed by atoms with van der Waals surface area (Å²) >= 11 is 0. The fourth-order valence-electron chi connectivity index (χ4n) is 6.51. The summed E-state index contributed by atoms with van der Waals surface area (Å²) in [5.41, 5.74) is 5.35. The van der Waals surface area contributed by atoms with Gasteiger partial charge in [0.1, 0.15) is 11.3 Å². The van der Waals surface area contributed by atoms with E-state index >= 15 is 0 Å². The normalized spacial score (nSPS) is 19.0. The predicted octanol–water partition coefficient (Wildman–Crippen LogP) is 5.19. The molecule has 4 aromatic rings. The van der Waals surface area contributed by atoms with Gasteiger partial charge in [0.2, 0.25) is 0 Å². The molecule has 3 aromatic heterocycles. The minimum absolute atomic E-state index is 0.0871. The zero-order valence-corrected chi connectivity index (χ0v) is 22.4. The average molecular weight is 537 g/mol. The summed E-state index contributed by atoms with van der Waals surface area (Å²) in [7, 11) is 0. The molecule has 1 aromatic carbocycles. The average Bonchev–Trinajstić information content (AvgIpc) is 3.61. The number of Topliss-reactive ketones (excluding diaryl/α,β-unsaturated/α-hetero) is 1. The number of piperidine rings is 1. The second-order valence-electron chi connectivity index (χ2n) is 11.3. The van der Waals surface area contributed by atoms with Crippen LogP contribution in [0.3, 0.4) is 0 Å². The van der Waals surface area contributed by atoms with E-state index in [0.717, 1.165) is 38.9 Å². The number of ketones is 1. The maximum Gasteiger partial charge on any atom is 0.320 e. The summed E-state index contributed by atoms with van der Waals surface area (Å²) in [6, 6.07) is 11.7. The quantitative estimate of drug-likeness (QED) is 0.353. The van der Waals surface area contributed by atoms with Gasteiger partial charge in [-0.1, -0.05) is 6.07 Å². The molecule has 9 heteroatoms. The molecule has 3 aliphatic rings. The number of nitrogens with zero attached hydrogens (tertiary/aromatic N) is 6. The number of aromatic nitrogens is 3. The van der Waals surface area contributed by atoms with Crippen LogP contribution in [-0.4, -0.2) is 60.9 Å². The lowest BCUT2D eigenvalue weighted by Crippen LogP contribution is -2.49. The number of likely N-dealkylation sites (tertiary alicyclic amines) is 1. The zero-order chi connectivity index (χ0) is 27.6. The van der Waals surface area contributed by atoms with Crippen molar-refractivity contribution in [2.24, 2.45) is 0 Å². The van der Waals surface area contributed by atoms with E-state index in [9.17, 15) is 19.2 Å². The summed E-state index contributed by atoms with van der Waals surface area (Å²) in [4.78, 5) is 34.8. The number of allylic oxidation sites excluding steroid dienone is 2. The van der Waals surface area contributed by atoms with Gasteiger partial charge in [0.05, 0.1) is 29.0 Å². The van der Waals surface area contributed by atoms with Gasteiger partial charge in [-0.25, -0.2) is 14.2 Å². The zero-order valence-electron chi connectivity index (χ0n) is 22.4. The number of rotatable bonds is 2. The van der Waals surface area contributed by atoms with Crippen LogP contribution in [0, 0.1) is 11.3 Å². The van der Waals surface area contributed by atoms with Crippen molar-refractivity contribution in [3.05, 3.63) is 71.3 Å². The number of halogens is 1. The summed E-state index contributed by atoms with van der Waals surface area (Å²) in [6.45, 7) is 3.86. The molecule has 0 saturated carbocycles. The second-order valence-corrected chi connectivity index (χ2v) is 11.3. The number of hydrogen-bond donors (Lipinski definition) is 0. The van der Waals surface area contributed by atoms with Gasteiger partial charge >= 0.3 is 6.03 Å². The largest absolute Gasteiger partial charge is 0.345 e. The molecule has 0 N–H and O–H groups in total. The number of alkyl halides is 1. The van der Waals surface area contributed by atoms with Crippen molar-refractivity contribution in [2.45, 2.75) is 51.4 Å². The van der Waals surface area contributed by atoms with E-state index in [2.05, 4.69) is 21.8 Å². The lowest BCUT2D eigenvalue weighted by atomic mass is 9.96. The molecule has 2 aliphatic heterocycles. The molecule has 0 spiro atoms. The first kappa shape index (κ1) is 24.6. The molecule has 5 heterocycles. The van der Waals surface area contributed by atoms with Gasteiger partial charge in [-0.3, -0.25) is 9.20 Å². The van der Waals surface area contributed by atoms with Gasteiger partial charge in [0, 0.05) is 68.1 Å². The van der Waals surface area contributed by atoms with Crippen LogP contribution in [0.25, 0.3) is 27.7 Å². The molecule has 7 rings (SSSR count). The molecular weight excluding hydrogens is 507 g/mol. The van der Waals surface area contributed by atoms with Crippen LogP contribution in [0.4, 0.5) is 9.18 Å². The standard InChI is InChI=1S/C31H29FN6O2/c1-31(32)7-10-35(11-8-31)30(40)37-13-12-36-19-24(23-15-20(16-33)14-21(18-37)29(23)36)22-5-6-26(39)28(22)25-17-34-27-4-2-3-9-38(25)27/h2-4,9,14-15,17,19H,5-8,10-13,18H2,1H3. The van der Waals surface area contributed by atoms with Gasteiger partial charge in [-0.05, 0) is 61.6 Å². The third-order valence-electron chi connectivity index (χ3n) is 8.68. The smallest absolute Gasteiger partial charge is 0.320 e. The van der Waals surface area contributed by atoms with Gasteiger partial charge in [-0.2, -0.15) is 5.26 Å². The molecular formula is C31H29FN6O2. The highest BCUT2D eigenvalue weighted by Crippen LogP contribution is 2.42. The van der Waals surface area contributed by atoms with Crippen molar-refractivity contribution < 1.29 is 14.0 Å². The SMILES string of the molecule is CC1(F)CCN(C(=O)N2CCn3cc(C4=C(c5cnc6ccccn56)C(=O)CC4)c4cc(C#N)cc(c43)C2)CC1. The number of fused-ring (bicyclic) bond motifs is 1. The molecule has 0 unspecified atom stereocenters. The maximum absolute atomic E-state index is 14.4. The van der Waals surface area contributed by atoms with Gasteiger partial charge in [0.25, 0.3) is 0 Å². The molecule has 1 saturated heterocycles. The van der Waals surface area contributed by atoms with Crippen molar-refractivity contribution in [2.75, 3.05) is 19.6 Å². The molecule has 40 heavy (non-hydrogen) atoms. The number of carbonyl (C=O) groups is 2. The Balaban J connectivity index is 1.31. The van der Waals surface area contributed by atoms with Crippen molar-refractivity contribution in [3.63, 3.8) is 0 Å². The van der Waals surface area contributed by atoms with E-state index in [4.69, 9.17) is 0 Å². The Morgan fingerprint density at radius 1 is 1.10 bits per heavy atom. The fourth-order valence-corrected chi connectivity index (χ4v) is 6.51. The summed E-state index contributed by atoms with van der Waals surface area (Å²) in [5.74, 6) is 0.0907. The van der Waals surface area contributed by atoms with Crippen molar-refractivity contribution >= 4 is 39.5 Å². The first-order chi connectivity index (χ1) is 19.3. The number of carbonyl (C=O) groups excluding carboxylic acids is 2. The lowest BCUT2D eigenvalue weighted by molar-refractivity contribution is -0.113. The van der Waals surface area contributed by atoms with Crippen LogP contribution in [-0.2, 0) is 17.9 Å². The molecule has 1 aliphatic carbocycles. The van der Waals surface area contributed by atoms with Crippen LogP contribution < -0.4 is 0 Å². The molecule has 0 bridgehead atoms. The first-order valence-electron chi connectivity index (χ1n) is 13.8. The third kappa shape index (κ3) is 3.89. The molecule has 0 atom stereocenters. The predicted molar refractivity (Wildman–Crippen MR) is 149 cm³/mol. The highest BCUT2D eigenvalue weighted by Gasteiger charge is 2.35. The third-order valence-corrected chi connectivity index (χ3v) is 8.68. The minimum atomic E-state index is -1.23. The summed E-state index contributed by atoms with van der Waals surface area (Å²) < 4.78 is 18.5. The number of pyridine rings is 1. The Hall–Kier alpha value is -4.45. The van der Waals surface area contributed by atoms with Gasteiger partial charge < -0.3 is 14.4 Å². The lowest BCUT2D eigenvalue weighted by Gasteiger charge is -2.37. The summed E-state index contributed by atoms with van der Waals surface area (Å²) in [5, 5.41) is 10.8. The molecule has 1 fully saturated rings. The van der Waals surface area contributed by atoms with Crippen LogP contribution in [0.5, 0.6) is 0 Å². The van der Waals surface area contributed by atoms with Gasteiger partial charge in [-0.15, -0.1) is 0 Å². The van der Waals surface area contributed by atoms with Crippen molar-refractivity contribution in [1.82, 2.24) is 23.8 Å². The molecule has 0 radical (unpaired) electrons. The molecule has 2 amide bonds. The van der Waals surface area contributed by atoms with Crippen molar-refractivity contribution in [1.29, 1.82) is 5.26 Å². The van der Waals surface area contributed by atoms with Gasteiger partial charge in [0.15, 0.2) is 5.78 Å². The first-order valence-corrected chi connectivity index (χ1v) is 13.8. The number of imidazole rings is 1. The fraction of sp³-hybridized carbons (Fsp3) is 0.355. The minimum Gasteiger partial charge on any atom is -0.345 e. The number of benzene rings is 1. The number of nitriles is 1. The molecule has 202 valence electrons. The Kier molecular flexibility index (Phi) is 5.56. The van der Waals surface area contributed by atoms with Crippen LogP contribution in [0.15, 0.2) is 48.9 Å². The van der Waals surface area contributed by atoms with Crippen LogP contribution in [0.2, 0.25) is 0 Å². The van der Waals surface area contributed by atoms with E-state index in [1.54, 1.807) is 18.0 Å². The van der Waals surface area contributed by atoms with E-state index in [1.165, 1.54) is 0 Å². The van der Waals surface area contributed by atoms with E-state index in [0.29, 0.717) is 69.5 Å². The number of amides is 2. The number of hydrogen-bond acceptors (Lipinski definition) is 4. The Morgan fingerprint density at radius 2 is 1.93 bits per heavy atom. The highest BCUT2D eigenvalue weighted by atomic mass is 19.1. The Morgan fingerprint density at radius 3 is 2.73 bits per heavy atom. The van der Waals surface area contributed by atoms with Crippen LogP contribution >= 0.6 is 0 Å². The van der Waals surface area contributed by atoms with Crippen LogP contribution in [0.1, 0.15) is 55.0 Å². The monoisotopic (exact) mass is 536 g/mol. The van der Waals surface area contributed by atoms with E-state index in [1.807, 2.05) is 45.8 Å². The topological polar surface area (TPSA) is 86.6 Å².